The quantitative estimate of drug-likeness (QED) is 0.655. The average molecular weight is 181 g/mol. The van der Waals surface area contributed by atoms with E-state index in [0.29, 0.717) is 13.0 Å². The number of halogens is 2. The molecule has 0 aliphatic rings. The predicted molar refractivity (Wildman–Crippen MR) is 46.9 cm³/mol. The maximum Gasteiger partial charge on any atom is 0.174 e. The summed E-state index contributed by atoms with van der Waals surface area (Å²) in [5, 5.41) is 0. The van der Waals surface area contributed by atoms with Gasteiger partial charge in [-0.1, -0.05) is 17.9 Å². The summed E-state index contributed by atoms with van der Waals surface area (Å²) in [6.45, 7) is 0.421. The standard InChI is InChI=1S/C10H9F2N/c11-9-6-3-5-8(10(9)12)4-1-2-7-13/h3,5-6H,2,7,13H2. The number of hydrogen-bond acceptors (Lipinski definition) is 1. The van der Waals surface area contributed by atoms with Gasteiger partial charge in [0.1, 0.15) is 0 Å². The van der Waals surface area contributed by atoms with Crippen LogP contribution < -0.4 is 5.73 Å². The van der Waals surface area contributed by atoms with Crippen LogP contribution in [-0.4, -0.2) is 6.54 Å². The molecular formula is C10H9F2N. The zero-order valence-electron chi connectivity index (χ0n) is 6.98. The summed E-state index contributed by atoms with van der Waals surface area (Å²) in [5.74, 6) is 3.38. The molecule has 1 nitrogen and oxygen atoms in total. The Kier molecular flexibility index (Phi) is 3.41. The van der Waals surface area contributed by atoms with Crippen molar-refractivity contribution >= 4 is 0 Å². The van der Waals surface area contributed by atoms with E-state index in [1.54, 1.807) is 0 Å². The molecule has 3 heteroatoms. The molecule has 0 aliphatic heterocycles. The Balaban J connectivity index is 2.91. The molecule has 1 rings (SSSR count). The third kappa shape index (κ3) is 2.53. The first kappa shape index (κ1) is 9.69. The summed E-state index contributed by atoms with van der Waals surface area (Å²) in [6.07, 6.45) is 0.482. The molecular weight excluding hydrogens is 172 g/mol. The van der Waals surface area contributed by atoms with E-state index < -0.39 is 11.6 Å². The van der Waals surface area contributed by atoms with Crippen LogP contribution in [0.2, 0.25) is 0 Å². The first-order valence-electron chi connectivity index (χ1n) is 3.88. The van der Waals surface area contributed by atoms with Gasteiger partial charge in [0.15, 0.2) is 11.6 Å². The molecule has 0 fully saturated rings. The third-order valence-corrected chi connectivity index (χ3v) is 1.44. The average Bonchev–Trinajstić information content (AvgIpc) is 2.13. The van der Waals surface area contributed by atoms with E-state index in [2.05, 4.69) is 11.8 Å². The highest BCUT2D eigenvalue weighted by molar-refractivity contribution is 5.35. The van der Waals surface area contributed by atoms with Crippen LogP contribution in [0.25, 0.3) is 0 Å². The van der Waals surface area contributed by atoms with Crippen LogP contribution in [0, 0.1) is 23.5 Å². The number of nitrogens with two attached hydrogens (primary N) is 1. The molecule has 0 saturated heterocycles. The van der Waals surface area contributed by atoms with Crippen molar-refractivity contribution in [1.82, 2.24) is 0 Å². The number of hydrogen-bond donors (Lipinski definition) is 1. The molecule has 0 heterocycles. The molecule has 0 aromatic heterocycles. The van der Waals surface area contributed by atoms with Crippen molar-refractivity contribution in [2.45, 2.75) is 6.42 Å². The lowest BCUT2D eigenvalue weighted by molar-refractivity contribution is 0.506. The second-order valence-electron chi connectivity index (χ2n) is 2.44. The molecule has 0 amide bonds. The summed E-state index contributed by atoms with van der Waals surface area (Å²) in [6, 6.07) is 3.91. The molecule has 1 aromatic carbocycles. The topological polar surface area (TPSA) is 26.0 Å². The van der Waals surface area contributed by atoms with E-state index >= 15 is 0 Å². The lowest BCUT2D eigenvalue weighted by Gasteiger charge is -1.94. The van der Waals surface area contributed by atoms with Crippen molar-refractivity contribution in [3.63, 3.8) is 0 Å². The van der Waals surface area contributed by atoms with Crippen molar-refractivity contribution in [1.29, 1.82) is 0 Å². The first-order chi connectivity index (χ1) is 6.25. The second-order valence-corrected chi connectivity index (χ2v) is 2.44. The zero-order chi connectivity index (χ0) is 9.68. The maximum absolute atomic E-state index is 12.9. The van der Waals surface area contributed by atoms with Gasteiger partial charge in [0.2, 0.25) is 0 Å². The normalized spacial score (nSPS) is 9.15. The largest absolute Gasteiger partial charge is 0.330 e. The Hall–Kier alpha value is -1.40. The molecule has 2 N–H and O–H groups in total. The Bertz CT molecular complexity index is 350. The molecule has 1 aromatic rings. The SMILES string of the molecule is NCCC#Cc1cccc(F)c1F. The predicted octanol–water partition coefficient (Wildman–Crippen LogP) is 1.67. The highest BCUT2D eigenvalue weighted by Gasteiger charge is 2.03. The van der Waals surface area contributed by atoms with Gasteiger partial charge in [0.25, 0.3) is 0 Å². The van der Waals surface area contributed by atoms with Crippen LogP contribution in [0.5, 0.6) is 0 Å². The molecule has 68 valence electrons. The van der Waals surface area contributed by atoms with Crippen LogP contribution in [0.15, 0.2) is 18.2 Å². The molecule has 0 aliphatic carbocycles. The van der Waals surface area contributed by atoms with Crippen molar-refractivity contribution in [3.05, 3.63) is 35.4 Å². The van der Waals surface area contributed by atoms with Crippen LogP contribution in [-0.2, 0) is 0 Å². The third-order valence-electron chi connectivity index (χ3n) is 1.44. The minimum Gasteiger partial charge on any atom is -0.330 e. The Morgan fingerprint density at radius 2 is 2.08 bits per heavy atom. The Morgan fingerprint density at radius 1 is 1.31 bits per heavy atom. The summed E-state index contributed by atoms with van der Waals surface area (Å²) in [5.41, 5.74) is 5.27. The van der Waals surface area contributed by atoms with Gasteiger partial charge in [0, 0.05) is 13.0 Å². The highest BCUT2D eigenvalue weighted by atomic mass is 19.2. The fourth-order valence-corrected chi connectivity index (χ4v) is 0.830. The van der Waals surface area contributed by atoms with Gasteiger partial charge in [0.05, 0.1) is 5.56 Å². The van der Waals surface area contributed by atoms with Gasteiger partial charge >= 0.3 is 0 Å². The highest BCUT2D eigenvalue weighted by Crippen LogP contribution is 2.09. The zero-order valence-corrected chi connectivity index (χ0v) is 6.98. The number of benzene rings is 1. The van der Waals surface area contributed by atoms with Gasteiger partial charge in [-0.25, -0.2) is 8.78 Å². The fraction of sp³-hybridized carbons (Fsp3) is 0.200. The molecule has 0 spiro atoms. The summed E-state index contributed by atoms with van der Waals surface area (Å²) in [7, 11) is 0. The van der Waals surface area contributed by atoms with Crippen molar-refractivity contribution in [3.8, 4) is 11.8 Å². The van der Waals surface area contributed by atoms with Gasteiger partial charge < -0.3 is 5.73 Å². The van der Waals surface area contributed by atoms with Gasteiger partial charge in [-0.05, 0) is 12.1 Å². The molecule has 0 bridgehead atoms. The smallest absolute Gasteiger partial charge is 0.174 e. The summed E-state index contributed by atoms with van der Waals surface area (Å²) < 4.78 is 25.5. The van der Waals surface area contributed by atoms with E-state index in [4.69, 9.17) is 5.73 Å². The van der Waals surface area contributed by atoms with E-state index in [1.807, 2.05) is 0 Å². The monoisotopic (exact) mass is 181 g/mol. The van der Waals surface area contributed by atoms with Gasteiger partial charge in [-0.2, -0.15) is 0 Å². The molecule has 0 radical (unpaired) electrons. The van der Waals surface area contributed by atoms with Crippen LogP contribution in [0.4, 0.5) is 8.78 Å². The minimum absolute atomic E-state index is 0.0773. The molecule has 0 atom stereocenters. The lowest BCUT2D eigenvalue weighted by atomic mass is 10.2. The first-order valence-corrected chi connectivity index (χ1v) is 3.88. The van der Waals surface area contributed by atoms with Crippen molar-refractivity contribution < 1.29 is 8.78 Å². The van der Waals surface area contributed by atoms with Crippen LogP contribution in [0.1, 0.15) is 12.0 Å². The minimum atomic E-state index is -0.896. The van der Waals surface area contributed by atoms with E-state index in [0.717, 1.165) is 6.07 Å². The summed E-state index contributed by atoms with van der Waals surface area (Å²) >= 11 is 0. The maximum atomic E-state index is 12.9. The number of rotatable bonds is 1. The molecule has 13 heavy (non-hydrogen) atoms. The fourth-order valence-electron chi connectivity index (χ4n) is 0.830. The van der Waals surface area contributed by atoms with E-state index in [9.17, 15) is 8.78 Å². The Labute approximate surface area is 75.6 Å². The van der Waals surface area contributed by atoms with E-state index in [-0.39, 0.29) is 5.56 Å². The lowest BCUT2D eigenvalue weighted by Crippen LogP contribution is -1.95. The van der Waals surface area contributed by atoms with Crippen LogP contribution in [0.3, 0.4) is 0 Å². The molecule has 0 unspecified atom stereocenters. The van der Waals surface area contributed by atoms with Gasteiger partial charge in [-0.15, -0.1) is 0 Å². The van der Waals surface area contributed by atoms with Crippen molar-refractivity contribution in [2.24, 2.45) is 5.73 Å². The second kappa shape index (κ2) is 4.58. The Morgan fingerprint density at radius 3 is 2.77 bits per heavy atom. The van der Waals surface area contributed by atoms with Crippen LogP contribution >= 0.6 is 0 Å². The van der Waals surface area contributed by atoms with Crippen molar-refractivity contribution in [2.75, 3.05) is 6.54 Å². The molecule has 0 saturated carbocycles. The van der Waals surface area contributed by atoms with E-state index in [1.165, 1.54) is 12.1 Å². The van der Waals surface area contributed by atoms with Gasteiger partial charge in [-0.3, -0.25) is 0 Å². The summed E-state index contributed by atoms with van der Waals surface area (Å²) in [4.78, 5) is 0.